The number of hydrogen-bond donors (Lipinski definition) is 1. The average molecular weight is 264 g/mol. The molecule has 5 nitrogen and oxygen atoms in total. The van der Waals surface area contributed by atoms with Crippen LogP contribution in [0.25, 0.3) is 0 Å². The van der Waals surface area contributed by atoms with E-state index in [2.05, 4.69) is 0 Å². The van der Waals surface area contributed by atoms with E-state index in [1.165, 1.54) is 4.90 Å². The van der Waals surface area contributed by atoms with Gasteiger partial charge in [0.15, 0.2) is 0 Å². The van der Waals surface area contributed by atoms with Crippen LogP contribution in [0.2, 0.25) is 0 Å². The van der Waals surface area contributed by atoms with Crippen LogP contribution in [0.3, 0.4) is 0 Å². The number of carboxylic acids is 1. The van der Waals surface area contributed by atoms with E-state index in [1.807, 2.05) is 37.3 Å². The van der Waals surface area contributed by atoms with Gasteiger partial charge in [0.1, 0.15) is 0 Å². The molecule has 104 valence electrons. The lowest BCUT2D eigenvalue weighted by molar-refractivity contribution is -0.139. The van der Waals surface area contributed by atoms with E-state index in [4.69, 9.17) is 5.11 Å². The number of benzene rings is 1. The monoisotopic (exact) mass is 264 g/mol. The lowest BCUT2D eigenvalue weighted by Gasteiger charge is -2.23. The second-order valence-corrected chi connectivity index (χ2v) is 4.46. The fourth-order valence-electron chi connectivity index (χ4n) is 1.80. The first kappa shape index (κ1) is 15.2. The molecule has 0 radical (unpaired) electrons. The van der Waals surface area contributed by atoms with Crippen molar-refractivity contribution in [1.82, 2.24) is 9.80 Å². The molecule has 5 heteroatoms. The topological polar surface area (TPSA) is 60.9 Å². The van der Waals surface area contributed by atoms with Gasteiger partial charge in [-0.1, -0.05) is 30.3 Å². The van der Waals surface area contributed by atoms with Gasteiger partial charge in [-0.25, -0.2) is 0 Å². The summed E-state index contributed by atoms with van der Waals surface area (Å²) in [6, 6.07) is 9.74. The number of hydrogen-bond acceptors (Lipinski definition) is 3. The number of carboxylic acid groups (broad SMARTS) is 1. The molecule has 1 rings (SSSR count). The Morgan fingerprint density at radius 3 is 2.32 bits per heavy atom. The summed E-state index contributed by atoms with van der Waals surface area (Å²) in [6.07, 6.45) is 0. The van der Waals surface area contributed by atoms with Crippen LogP contribution < -0.4 is 0 Å². The van der Waals surface area contributed by atoms with Gasteiger partial charge >= 0.3 is 5.97 Å². The van der Waals surface area contributed by atoms with Crippen LogP contribution in [-0.4, -0.2) is 53.5 Å². The Balaban J connectivity index is 2.54. The molecule has 0 bridgehead atoms. The molecule has 1 aromatic rings. The minimum Gasteiger partial charge on any atom is -0.480 e. The maximum absolute atomic E-state index is 12.1. The fourth-order valence-corrected chi connectivity index (χ4v) is 1.80. The van der Waals surface area contributed by atoms with Crippen molar-refractivity contribution < 1.29 is 14.7 Å². The SMILES string of the molecule is CCN(Cc1ccccc1)C(=O)CN(C)CC(=O)O. The molecule has 0 atom stereocenters. The lowest BCUT2D eigenvalue weighted by atomic mass is 10.2. The molecule has 0 unspecified atom stereocenters. The van der Waals surface area contributed by atoms with Gasteiger partial charge in [-0.2, -0.15) is 0 Å². The van der Waals surface area contributed by atoms with Gasteiger partial charge in [-0.15, -0.1) is 0 Å². The van der Waals surface area contributed by atoms with Crippen LogP contribution in [0.15, 0.2) is 30.3 Å². The van der Waals surface area contributed by atoms with Gasteiger partial charge in [-0.3, -0.25) is 14.5 Å². The summed E-state index contributed by atoms with van der Waals surface area (Å²) in [7, 11) is 1.63. The quantitative estimate of drug-likeness (QED) is 0.799. The Labute approximate surface area is 113 Å². The maximum Gasteiger partial charge on any atom is 0.317 e. The second-order valence-electron chi connectivity index (χ2n) is 4.46. The summed E-state index contributed by atoms with van der Waals surface area (Å²) >= 11 is 0. The summed E-state index contributed by atoms with van der Waals surface area (Å²) in [5.41, 5.74) is 1.07. The number of nitrogens with zero attached hydrogens (tertiary/aromatic N) is 2. The molecule has 19 heavy (non-hydrogen) atoms. The van der Waals surface area contributed by atoms with E-state index in [1.54, 1.807) is 11.9 Å². The highest BCUT2D eigenvalue weighted by Gasteiger charge is 2.15. The predicted molar refractivity (Wildman–Crippen MR) is 72.7 cm³/mol. The zero-order chi connectivity index (χ0) is 14.3. The summed E-state index contributed by atoms with van der Waals surface area (Å²) in [6.45, 7) is 3.06. The minimum atomic E-state index is -0.929. The van der Waals surface area contributed by atoms with Crippen molar-refractivity contribution in [3.8, 4) is 0 Å². The Hall–Kier alpha value is -1.88. The van der Waals surface area contributed by atoms with Crippen molar-refractivity contribution in [3.05, 3.63) is 35.9 Å². The molecule has 0 aromatic heterocycles. The van der Waals surface area contributed by atoms with Gasteiger partial charge in [0.2, 0.25) is 5.91 Å². The third-order valence-electron chi connectivity index (χ3n) is 2.76. The second kappa shape index (κ2) is 7.53. The molecule has 0 saturated carbocycles. The fraction of sp³-hybridized carbons (Fsp3) is 0.429. The highest BCUT2D eigenvalue weighted by molar-refractivity contribution is 5.79. The predicted octanol–water partition coefficient (Wildman–Crippen LogP) is 1.05. The standard InChI is InChI=1S/C14H20N2O3/c1-3-16(9-12-7-5-4-6-8-12)13(17)10-15(2)11-14(18)19/h4-8H,3,9-11H2,1-2H3,(H,18,19). The van der Waals surface area contributed by atoms with Crippen molar-refractivity contribution >= 4 is 11.9 Å². The molecule has 0 heterocycles. The Morgan fingerprint density at radius 2 is 1.79 bits per heavy atom. The van der Waals surface area contributed by atoms with E-state index < -0.39 is 5.97 Å². The summed E-state index contributed by atoms with van der Waals surface area (Å²) in [5.74, 6) is -0.989. The van der Waals surface area contributed by atoms with Crippen molar-refractivity contribution in [1.29, 1.82) is 0 Å². The third-order valence-corrected chi connectivity index (χ3v) is 2.76. The molecule has 0 aliphatic rings. The zero-order valence-electron chi connectivity index (χ0n) is 11.4. The molecule has 1 aromatic carbocycles. The Bertz CT molecular complexity index is 420. The van der Waals surface area contributed by atoms with Crippen LogP contribution in [0, 0.1) is 0 Å². The Morgan fingerprint density at radius 1 is 1.16 bits per heavy atom. The van der Waals surface area contributed by atoms with E-state index >= 15 is 0 Å². The molecule has 0 spiro atoms. The van der Waals surface area contributed by atoms with Crippen LogP contribution in [0.5, 0.6) is 0 Å². The molecule has 1 N–H and O–H groups in total. The first-order chi connectivity index (χ1) is 9.02. The van der Waals surface area contributed by atoms with Gasteiger partial charge in [0, 0.05) is 13.1 Å². The van der Waals surface area contributed by atoms with Crippen LogP contribution in [0.1, 0.15) is 12.5 Å². The largest absolute Gasteiger partial charge is 0.480 e. The summed E-state index contributed by atoms with van der Waals surface area (Å²) < 4.78 is 0. The molecule has 0 aliphatic carbocycles. The molecule has 0 saturated heterocycles. The van der Waals surface area contributed by atoms with E-state index in [0.717, 1.165) is 5.56 Å². The molecule has 0 fully saturated rings. The van der Waals surface area contributed by atoms with Crippen LogP contribution >= 0.6 is 0 Å². The zero-order valence-corrected chi connectivity index (χ0v) is 11.4. The number of carbonyl (C=O) groups excluding carboxylic acids is 1. The summed E-state index contributed by atoms with van der Waals surface area (Å²) in [5, 5.41) is 8.66. The van der Waals surface area contributed by atoms with Crippen LogP contribution in [-0.2, 0) is 16.1 Å². The average Bonchev–Trinajstić information content (AvgIpc) is 2.35. The normalized spacial score (nSPS) is 10.5. The van der Waals surface area contributed by atoms with Gasteiger partial charge in [0.05, 0.1) is 13.1 Å². The van der Waals surface area contributed by atoms with Crippen molar-refractivity contribution in [2.24, 2.45) is 0 Å². The number of amides is 1. The van der Waals surface area contributed by atoms with Crippen molar-refractivity contribution in [3.63, 3.8) is 0 Å². The van der Waals surface area contributed by atoms with E-state index in [-0.39, 0.29) is 19.0 Å². The molecule has 0 aliphatic heterocycles. The Kier molecular flexibility index (Phi) is 6.02. The first-order valence-electron chi connectivity index (χ1n) is 6.25. The molecule has 1 amide bonds. The number of rotatable bonds is 7. The molecular formula is C14H20N2O3. The highest BCUT2D eigenvalue weighted by atomic mass is 16.4. The minimum absolute atomic E-state index is 0.0601. The van der Waals surface area contributed by atoms with E-state index in [0.29, 0.717) is 13.1 Å². The van der Waals surface area contributed by atoms with Crippen molar-refractivity contribution in [2.75, 3.05) is 26.7 Å². The van der Waals surface area contributed by atoms with Crippen LogP contribution in [0.4, 0.5) is 0 Å². The van der Waals surface area contributed by atoms with Crippen molar-refractivity contribution in [2.45, 2.75) is 13.5 Å². The first-order valence-corrected chi connectivity index (χ1v) is 6.25. The third kappa shape index (κ3) is 5.52. The lowest BCUT2D eigenvalue weighted by Crippen LogP contribution is -2.40. The molecular weight excluding hydrogens is 244 g/mol. The van der Waals surface area contributed by atoms with E-state index in [9.17, 15) is 9.59 Å². The van der Waals surface area contributed by atoms with Gasteiger partial charge < -0.3 is 10.0 Å². The maximum atomic E-state index is 12.1. The van der Waals surface area contributed by atoms with Gasteiger partial charge in [-0.05, 0) is 19.5 Å². The number of likely N-dealkylation sites (N-methyl/N-ethyl adjacent to an activating group) is 2. The van der Waals surface area contributed by atoms with Gasteiger partial charge in [0.25, 0.3) is 0 Å². The summed E-state index contributed by atoms with van der Waals surface area (Å²) in [4.78, 5) is 25.8. The number of carbonyl (C=O) groups is 2. The highest BCUT2D eigenvalue weighted by Crippen LogP contribution is 2.05. The number of aliphatic carboxylic acids is 1. The smallest absolute Gasteiger partial charge is 0.317 e.